The van der Waals surface area contributed by atoms with Crippen LogP contribution >= 0.6 is 27.3 Å². The second-order valence-corrected chi connectivity index (χ2v) is 5.43. The van der Waals surface area contributed by atoms with E-state index < -0.39 is 0 Å². The molecule has 0 aliphatic rings. The van der Waals surface area contributed by atoms with Gasteiger partial charge in [-0.05, 0) is 22.4 Å². The van der Waals surface area contributed by atoms with E-state index in [4.69, 9.17) is 0 Å². The Morgan fingerprint density at radius 2 is 2.22 bits per heavy atom. The van der Waals surface area contributed by atoms with Gasteiger partial charge in [0.25, 0.3) is 0 Å². The van der Waals surface area contributed by atoms with Crippen molar-refractivity contribution in [3.05, 3.63) is 27.3 Å². The average Bonchev–Trinajstić information content (AvgIpc) is 2.89. The third kappa shape index (κ3) is 3.64. The van der Waals surface area contributed by atoms with Gasteiger partial charge in [-0.25, -0.2) is 9.97 Å². The molecule has 0 aromatic carbocycles. The van der Waals surface area contributed by atoms with E-state index in [2.05, 4.69) is 48.4 Å². The van der Waals surface area contributed by atoms with Crippen LogP contribution in [0.3, 0.4) is 0 Å². The van der Waals surface area contributed by atoms with Crippen LogP contribution in [0.1, 0.15) is 18.4 Å². The molecule has 0 unspecified atom stereocenters. The number of thiazole rings is 1. The van der Waals surface area contributed by atoms with Crippen LogP contribution in [-0.4, -0.2) is 21.5 Å². The lowest BCUT2D eigenvalue weighted by Crippen LogP contribution is -2.08. The topological polar surface area (TPSA) is 62.7 Å². The van der Waals surface area contributed by atoms with Gasteiger partial charge in [0.15, 0.2) is 0 Å². The summed E-state index contributed by atoms with van der Waals surface area (Å²) in [5.41, 5.74) is 0. The van der Waals surface area contributed by atoms with Crippen molar-refractivity contribution in [2.75, 3.05) is 17.2 Å². The summed E-state index contributed by atoms with van der Waals surface area (Å²) in [5.74, 6) is 1.42. The van der Waals surface area contributed by atoms with Crippen LogP contribution in [0.25, 0.3) is 0 Å². The molecule has 2 heterocycles. The van der Waals surface area contributed by atoms with E-state index in [1.807, 2.05) is 5.38 Å². The second-order valence-electron chi connectivity index (χ2n) is 3.60. The highest BCUT2D eigenvalue weighted by Crippen LogP contribution is 2.21. The molecule has 0 radical (unpaired) electrons. The summed E-state index contributed by atoms with van der Waals surface area (Å²) in [6.07, 6.45) is 4.58. The number of nitrogens with zero attached hydrogens (tertiary/aromatic N) is 3. The fourth-order valence-electron chi connectivity index (χ4n) is 1.31. The molecule has 5 nitrogen and oxygen atoms in total. The van der Waals surface area contributed by atoms with Crippen LogP contribution in [0.5, 0.6) is 0 Å². The molecule has 2 rings (SSSR count). The number of aromatic nitrogens is 3. The predicted molar refractivity (Wildman–Crippen MR) is 78.0 cm³/mol. The molecule has 2 N–H and O–H groups in total. The minimum absolute atomic E-state index is 0.640. The van der Waals surface area contributed by atoms with Crippen molar-refractivity contribution in [1.82, 2.24) is 15.0 Å². The zero-order valence-electron chi connectivity index (χ0n) is 9.98. The van der Waals surface area contributed by atoms with E-state index >= 15 is 0 Å². The first-order valence-corrected chi connectivity index (χ1v) is 7.35. The van der Waals surface area contributed by atoms with Crippen LogP contribution < -0.4 is 10.6 Å². The maximum atomic E-state index is 4.41. The molecule has 0 aliphatic heterocycles. The molecule has 0 saturated heterocycles. The highest BCUT2D eigenvalue weighted by Gasteiger charge is 2.05. The zero-order valence-corrected chi connectivity index (χ0v) is 12.4. The first-order chi connectivity index (χ1) is 8.79. The van der Waals surface area contributed by atoms with Gasteiger partial charge in [0, 0.05) is 24.3 Å². The van der Waals surface area contributed by atoms with E-state index in [0.717, 1.165) is 28.3 Å². The number of nitrogens with one attached hydrogen (secondary N) is 2. The summed E-state index contributed by atoms with van der Waals surface area (Å²) in [4.78, 5) is 12.8. The quantitative estimate of drug-likeness (QED) is 0.853. The highest BCUT2D eigenvalue weighted by molar-refractivity contribution is 9.10. The third-order valence-corrected chi connectivity index (χ3v) is 3.53. The fraction of sp³-hybridized carbons (Fsp3) is 0.364. The van der Waals surface area contributed by atoms with Gasteiger partial charge in [0.1, 0.15) is 10.8 Å². The average molecular weight is 328 g/mol. The molecule has 0 saturated carbocycles. The van der Waals surface area contributed by atoms with Gasteiger partial charge in [0.2, 0.25) is 5.95 Å². The lowest BCUT2D eigenvalue weighted by Gasteiger charge is -2.08. The standard InChI is InChI=1S/C11H14BrN5S/c1-2-3-14-11-16-6-8(12)10(17-11)15-7-9-13-4-5-18-9/h4-6H,2-3,7H2,1H3,(H2,14,15,16,17). The van der Waals surface area contributed by atoms with Crippen molar-refractivity contribution in [1.29, 1.82) is 0 Å². The number of hydrogen-bond acceptors (Lipinski definition) is 6. The Morgan fingerprint density at radius 3 is 2.94 bits per heavy atom. The fourth-order valence-corrected chi connectivity index (χ4v) is 2.20. The molecule has 0 spiro atoms. The first-order valence-electron chi connectivity index (χ1n) is 5.68. The Kier molecular flexibility index (Phi) is 4.89. The molecule has 0 fully saturated rings. The normalized spacial score (nSPS) is 10.3. The van der Waals surface area contributed by atoms with Crippen LogP contribution in [0.4, 0.5) is 11.8 Å². The summed E-state index contributed by atoms with van der Waals surface area (Å²) in [5, 5.41) is 9.39. The summed E-state index contributed by atoms with van der Waals surface area (Å²) in [6.45, 7) is 3.64. The molecular formula is C11H14BrN5S. The molecule has 18 heavy (non-hydrogen) atoms. The Balaban J connectivity index is 2.01. The van der Waals surface area contributed by atoms with Crippen LogP contribution in [0, 0.1) is 0 Å². The number of halogens is 1. The van der Waals surface area contributed by atoms with Crippen molar-refractivity contribution in [2.45, 2.75) is 19.9 Å². The monoisotopic (exact) mass is 327 g/mol. The van der Waals surface area contributed by atoms with Crippen LogP contribution in [0.15, 0.2) is 22.2 Å². The van der Waals surface area contributed by atoms with Crippen LogP contribution in [-0.2, 0) is 6.54 Å². The molecule has 2 aromatic heterocycles. The maximum absolute atomic E-state index is 4.41. The predicted octanol–water partition coefficient (Wildman–Crippen LogP) is 3.13. The molecule has 0 aliphatic carbocycles. The van der Waals surface area contributed by atoms with E-state index in [-0.39, 0.29) is 0 Å². The molecule has 7 heteroatoms. The maximum Gasteiger partial charge on any atom is 0.224 e. The van der Waals surface area contributed by atoms with Crippen molar-refractivity contribution in [3.63, 3.8) is 0 Å². The first kappa shape index (κ1) is 13.2. The van der Waals surface area contributed by atoms with Crippen molar-refractivity contribution < 1.29 is 0 Å². The smallest absolute Gasteiger partial charge is 0.224 e. The van der Waals surface area contributed by atoms with Crippen molar-refractivity contribution >= 4 is 39.0 Å². The van der Waals surface area contributed by atoms with Crippen LogP contribution in [0.2, 0.25) is 0 Å². The van der Waals surface area contributed by atoms with Crippen molar-refractivity contribution in [2.24, 2.45) is 0 Å². The van der Waals surface area contributed by atoms with E-state index in [0.29, 0.717) is 12.5 Å². The van der Waals surface area contributed by atoms with Gasteiger partial charge in [-0.3, -0.25) is 0 Å². The summed E-state index contributed by atoms with van der Waals surface area (Å²) < 4.78 is 0.848. The lowest BCUT2D eigenvalue weighted by atomic mass is 10.5. The Labute approximate surface area is 118 Å². The van der Waals surface area contributed by atoms with Gasteiger partial charge >= 0.3 is 0 Å². The SMILES string of the molecule is CCCNc1ncc(Br)c(NCc2nccs2)n1. The Bertz CT molecular complexity index is 488. The van der Waals surface area contributed by atoms with Gasteiger partial charge in [-0.15, -0.1) is 11.3 Å². The van der Waals surface area contributed by atoms with Gasteiger partial charge in [-0.2, -0.15) is 4.98 Å². The molecule has 96 valence electrons. The number of rotatable bonds is 6. The summed E-state index contributed by atoms with van der Waals surface area (Å²) in [7, 11) is 0. The van der Waals surface area contributed by atoms with Gasteiger partial charge in [-0.1, -0.05) is 6.92 Å². The van der Waals surface area contributed by atoms with Gasteiger partial charge < -0.3 is 10.6 Å². The van der Waals surface area contributed by atoms with E-state index in [1.165, 1.54) is 0 Å². The molecule has 0 bridgehead atoms. The number of anilines is 2. The van der Waals surface area contributed by atoms with E-state index in [1.54, 1.807) is 23.7 Å². The molecule has 0 atom stereocenters. The Morgan fingerprint density at radius 1 is 1.33 bits per heavy atom. The molecule has 0 amide bonds. The number of hydrogen-bond donors (Lipinski definition) is 2. The minimum Gasteiger partial charge on any atom is -0.362 e. The largest absolute Gasteiger partial charge is 0.362 e. The second kappa shape index (κ2) is 6.65. The molecular weight excluding hydrogens is 314 g/mol. The summed E-state index contributed by atoms with van der Waals surface area (Å²) >= 11 is 5.05. The third-order valence-electron chi connectivity index (χ3n) is 2.17. The Hall–Kier alpha value is -1.21. The zero-order chi connectivity index (χ0) is 12.8. The van der Waals surface area contributed by atoms with Crippen molar-refractivity contribution in [3.8, 4) is 0 Å². The van der Waals surface area contributed by atoms with E-state index in [9.17, 15) is 0 Å². The van der Waals surface area contributed by atoms with Gasteiger partial charge in [0.05, 0.1) is 11.0 Å². The highest BCUT2D eigenvalue weighted by atomic mass is 79.9. The molecule has 2 aromatic rings. The lowest BCUT2D eigenvalue weighted by molar-refractivity contribution is 0.948. The minimum atomic E-state index is 0.640. The summed E-state index contributed by atoms with van der Waals surface area (Å²) in [6, 6.07) is 0.